The van der Waals surface area contributed by atoms with Crippen LogP contribution < -0.4 is 5.32 Å². The fourth-order valence-electron chi connectivity index (χ4n) is 3.13. The van der Waals surface area contributed by atoms with Gasteiger partial charge in [0.1, 0.15) is 0 Å². The van der Waals surface area contributed by atoms with Crippen molar-refractivity contribution in [1.82, 2.24) is 20.4 Å². The van der Waals surface area contributed by atoms with E-state index in [9.17, 15) is 9.59 Å². The van der Waals surface area contributed by atoms with Crippen LogP contribution >= 0.6 is 0 Å². The average molecular weight is 300 g/mol. The number of amides is 2. The van der Waals surface area contributed by atoms with Crippen molar-refractivity contribution in [3.05, 3.63) is 30.0 Å². The van der Waals surface area contributed by atoms with E-state index < -0.39 is 11.8 Å². The summed E-state index contributed by atoms with van der Waals surface area (Å²) in [5.41, 5.74) is 2.02. The van der Waals surface area contributed by atoms with E-state index in [-0.39, 0.29) is 6.04 Å². The smallest absolute Gasteiger partial charge is 0.312 e. The monoisotopic (exact) mass is 300 g/mol. The first-order valence-corrected chi connectivity index (χ1v) is 7.56. The Hall–Kier alpha value is -2.37. The molecule has 0 aliphatic carbocycles. The minimum absolute atomic E-state index is 0.0553. The summed E-state index contributed by atoms with van der Waals surface area (Å²) in [4.78, 5) is 25.8. The molecule has 1 aromatic carbocycles. The Labute approximate surface area is 128 Å². The number of hydrogen-bond acceptors (Lipinski definition) is 3. The van der Waals surface area contributed by atoms with Crippen LogP contribution in [0.4, 0.5) is 0 Å². The van der Waals surface area contributed by atoms with E-state index in [4.69, 9.17) is 0 Å². The lowest BCUT2D eigenvalue weighted by Gasteiger charge is -2.38. The number of fused-ring (bicyclic) bond motifs is 1. The lowest BCUT2D eigenvalue weighted by Crippen LogP contribution is -2.47. The molecule has 116 valence electrons. The van der Waals surface area contributed by atoms with Crippen molar-refractivity contribution in [2.24, 2.45) is 5.92 Å². The van der Waals surface area contributed by atoms with Gasteiger partial charge in [-0.1, -0.05) is 13.0 Å². The zero-order valence-electron chi connectivity index (χ0n) is 12.8. The Bertz CT molecular complexity index is 709. The number of hydrogen-bond donors (Lipinski definition) is 2. The number of piperidine rings is 1. The Morgan fingerprint density at radius 3 is 2.95 bits per heavy atom. The summed E-state index contributed by atoms with van der Waals surface area (Å²) in [6.07, 6.45) is 3.69. The van der Waals surface area contributed by atoms with Gasteiger partial charge in [0.15, 0.2) is 0 Å². The molecule has 22 heavy (non-hydrogen) atoms. The zero-order chi connectivity index (χ0) is 15.7. The third-order valence-electron chi connectivity index (χ3n) is 4.35. The number of benzene rings is 1. The minimum atomic E-state index is -0.552. The Morgan fingerprint density at radius 1 is 1.36 bits per heavy atom. The molecule has 6 heteroatoms. The first-order chi connectivity index (χ1) is 10.6. The summed E-state index contributed by atoms with van der Waals surface area (Å²) in [7, 11) is 1.49. The summed E-state index contributed by atoms with van der Waals surface area (Å²) in [5.74, 6) is -0.600. The van der Waals surface area contributed by atoms with E-state index in [1.54, 1.807) is 11.1 Å². The highest BCUT2D eigenvalue weighted by Gasteiger charge is 2.33. The molecule has 0 unspecified atom stereocenters. The maximum absolute atomic E-state index is 12.4. The van der Waals surface area contributed by atoms with Crippen LogP contribution in [-0.4, -0.2) is 40.5 Å². The first kappa shape index (κ1) is 14.6. The Morgan fingerprint density at radius 2 is 2.18 bits per heavy atom. The predicted molar refractivity (Wildman–Crippen MR) is 83.0 cm³/mol. The van der Waals surface area contributed by atoms with E-state index in [1.807, 2.05) is 18.2 Å². The second-order valence-corrected chi connectivity index (χ2v) is 5.95. The van der Waals surface area contributed by atoms with Crippen LogP contribution in [0.3, 0.4) is 0 Å². The number of carbonyl (C=O) groups is 2. The molecule has 1 saturated heterocycles. The summed E-state index contributed by atoms with van der Waals surface area (Å²) >= 11 is 0. The van der Waals surface area contributed by atoms with E-state index in [1.165, 1.54) is 7.05 Å². The van der Waals surface area contributed by atoms with Gasteiger partial charge in [0, 0.05) is 19.0 Å². The van der Waals surface area contributed by atoms with Crippen LogP contribution in [0.1, 0.15) is 31.4 Å². The van der Waals surface area contributed by atoms with Crippen LogP contribution in [-0.2, 0) is 9.59 Å². The normalized spacial score (nSPS) is 21.8. The molecule has 2 heterocycles. The number of aromatic nitrogens is 2. The second kappa shape index (κ2) is 5.79. The SMILES string of the molecule is CNC(=O)C(=O)N1C[C@@H](C)CC[C@@H]1c1ccc2[nH]ncc2c1. The van der Waals surface area contributed by atoms with Crippen molar-refractivity contribution in [3.8, 4) is 0 Å². The number of nitrogens with one attached hydrogen (secondary N) is 2. The molecule has 6 nitrogen and oxygen atoms in total. The summed E-state index contributed by atoms with van der Waals surface area (Å²) in [5, 5.41) is 10.4. The molecule has 2 amide bonds. The zero-order valence-corrected chi connectivity index (χ0v) is 12.8. The lowest BCUT2D eigenvalue weighted by atomic mass is 9.89. The van der Waals surface area contributed by atoms with Gasteiger partial charge >= 0.3 is 11.8 Å². The predicted octanol–water partition coefficient (Wildman–Crippen LogP) is 1.61. The van der Waals surface area contributed by atoms with Gasteiger partial charge in [-0.15, -0.1) is 0 Å². The number of carbonyl (C=O) groups excluding carboxylic acids is 2. The standard InChI is InChI=1S/C16H20N4O2/c1-10-3-6-14(20(9-10)16(22)15(21)17-2)11-4-5-13-12(7-11)8-18-19-13/h4-5,7-8,10,14H,3,6,9H2,1-2H3,(H,17,21)(H,18,19)/t10-,14+/m0/s1. The quantitative estimate of drug-likeness (QED) is 0.785. The Balaban J connectivity index is 1.94. The third kappa shape index (κ3) is 2.56. The van der Waals surface area contributed by atoms with Crippen molar-refractivity contribution in [3.63, 3.8) is 0 Å². The fourth-order valence-corrected chi connectivity index (χ4v) is 3.13. The molecule has 3 rings (SSSR count). The van der Waals surface area contributed by atoms with Gasteiger partial charge in [-0.3, -0.25) is 14.7 Å². The van der Waals surface area contributed by atoms with Crippen molar-refractivity contribution < 1.29 is 9.59 Å². The average Bonchev–Trinajstić information content (AvgIpc) is 3.00. The van der Waals surface area contributed by atoms with Gasteiger partial charge in [0.2, 0.25) is 0 Å². The van der Waals surface area contributed by atoms with Crippen molar-refractivity contribution in [1.29, 1.82) is 0 Å². The number of rotatable bonds is 1. The van der Waals surface area contributed by atoms with Gasteiger partial charge in [0.05, 0.1) is 17.8 Å². The van der Waals surface area contributed by atoms with Crippen molar-refractivity contribution in [2.75, 3.05) is 13.6 Å². The number of nitrogens with zero attached hydrogens (tertiary/aromatic N) is 2. The molecular weight excluding hydrogens is 280 g/mol. The molecule has 1 aliphatic heterocycles. The van der Waals surface area contributed by atoms with Gasteiger partial charge in [0.25, 0.3) is 0 Å². The molecule has 1 aromatic heterocycles. The van der Waals surface area contributed by atoms with Crippen LogP contribution in [0.2, 0.25) is 0 Å². The van der Waals surface area contributed by atoms with E-state index >= 15 is 0 Å². The topological polar surface area (TPSA) is 78.1 Å². The van der Waals surface area contributed by atoms with Gasteiger partial charge in [-0.05, 0) is 36.5 Å². The second-order valence-electron chi connectivity index (χ2n) is 5.95. The molecular formula is C16H20N4O2. The maximum Gasteiger partial charge on any atom is 0.312 e. The lowest BCUT2D eigenvalue weighted by molar-refractivity contribution is -0.148. The van der Waals surface area contributed by atoms with Crippen LogP contribution in [0.15, 0.2) is 24.4 Å². The van der Waals surface area contributed by atoms with Crippen molar-refractivity contribution >= 4 is 22.7 Å². The summed E-state index contributed by atoms with van der Waals surface area (Å²) in [6.45, 7) is 2.72. The van der Waals surface area contributed by atoms with E-state index in [0.29, 0.717) is 12.5 Å². The number of aromatic amines is 1. The minimum Gasteiger partial charge on any atom is -0.351 e. The molecule has 0 bridgehead atoms. The molecule has 0 spiro atoms. The van der Waals surface area contributed by atoms with E-state index in [0.717, 1.165) is 29.3 Å². The maximum atomic E-state index is 12.4. The molecule has 0 radical (unpaired) electrons. The highest BCUT2D eigenvalue weighted by Crippen LogP contribution is 2.34. The third-order valence-corrected chi connectivity index (χ3v) is 4.35. The van der Waals surface area contributed by atoms with Crippen LogP contribution in [0, 0.1) is 5.92 Å². The highest BCUT2D eigenvalue weighted by atomic mass is 16.2. The Kier molecular flexibility index (Phi) is 3.83. The molecule has 1 fully saturated rings. The first-order valence-electron chi connectivity index (χ1n) is 7.56. The van der Waals surface area contributed by atoms with Crippen molar-refractivity contribution in [2.45, 2.75) is 25.8 Å². The summed E-state index contributed by atoms with van der Waals surface area (Å²) in [6, 6.07) is 5.97. The molecule has 0 saturated carbocycles. The molecule has 1 aliphatic rings. The number of likely N-dealkylation sites (N-methyl/N-ethyl adjacent to an activating group) is 1. The fraction of sp³-hybridized carbons (Fsp3) is 0.438. The van der Waals surface area contributed by atoms with Gasteiger partial charge < -0.3 is 10.2 Å². The number of likely N-dealkylation sites (tertiary alicyclic amines) is 1. The molecule has 2 aromatic rings. The van der Waals surface area contributed by atoms with Gasteiger partial charge in [-0.25, -0.2) is 0 Å². The van der Waals surface area contributed by atoms with Crippen LogP contribution in [0.25, 0.3) is 10.9 Å². The highest BCUT2D eigenvalue weighted by molar-refractivity contribution is 6.35. The summed E-state index contributed by atoms with van der Waals surface area (Å²) < 4.78 is 0. The molecule has 2 atom stereocenters. The molecule has 2 N–H and O–H groups in total. The van der Waals surface area contributed by atoms with E-state index in [2.05, 4.69) is 22.4 Å². The number of H-pyrrole nitrogens is 1. The largest absolute Gasteiger partial charge is 0.351 e. The van der Waals surface area contributed by atoms with Gasteiger partial charge in [-0.2, -0.15) is 5.10 Å². The van der Waals surface area contributed by atoms with Crippen LogP contribution in [0.5, 0.6) is 0 Å².